The summed E-state index contributed by atoms with van der Waals surface area (Å²) < 4.78 is 16.7. The van der Waals surface area contributed by atoms with Crippen molar-refractivity contribution in [3.63, 3.8) is 0 Å². The van der Waals surface area contributed by atoms with Crippen LogP contribution in [0.1, 0.15) is 34.8 Å². The van der Waals surface area contributed by atoms with Crippen molar-refractivity contribution in [1.82, 2.24) is 10.1 Å². The third-order valence-electron chi connectivity index (χ3n) is 5.82. The van der Waals surface area contributed by atoms with Crippen molar-refractivity contribution in [2.24, 2.45) is 0 Å². The normalized spacial score (nSPS) is 13.7. The van der Waals surface area contributed by atoms with Gasteiger partial charge in [-0.05, 0) is 43.7 Å². The van der Waals surface area contributed by atoms with Gasteiger partial charge >= 0.3 is 0 Å². The van der Waals surface area contributed by atoms with Gasteiger partial charge in [0, 0.05) is 30.8 Å². The van der Waals surface area contributed by atoms with Crippen molar-refractivity contribution < 1.29 is 18.8 Å². The Hall–Kier alpha value is -3.32. The van der Waals surface area contributed by atoms with Gasteiger partial charge in [0.2, 0.25) is 5.88 Å². The van der Waals surface area contributed by atoms with Crippen molar-refractivity contribution in [2.75, 3.05) is 44.9 Å². The number of anilines is 1. The van der Waals surface area contributed by atoms with E-state index in [1.165, 1.54) is 0 Å². The second-order valence-electron chi connectivity index (χ2n) is 8.24. The standard InChI is InChI=1S/C26H31N3O4/c1-4-12-29(25(30)20-8-10-22(31-3)11-9-20)18-23-24(21-7-5-6-19(2)17-21)27-33-26(23)28-13-15-32-16-14-28/h5-11,17H,4,12-16,18H2,1-3H3. The van der Waals surface area contributed by atoms with Crippen LogP contribution in [0.3, 0.4) is 0 Å². The van der Waals surface area contributed by atoms with Crippen LogP contribution >= 0.6 is 0 Å². The molecule has 0 atom stereocenters. The predicted octanol–water partition coefficient (Wildman–Crippen LogP) is 4.55. The summed E-state index contributed by atoms with van der Waals surface area (Å²) >= 11 is 0. The Balaban J connectivity index is 1.70. The van der Waals surface area contributed by atoms with Crippen LogP contribution in [0.4, 0.5) is 5.88 Å². The first-order valence-electron chi connectivity index (χ1n) is 11.4. The zero-order valence-electron chi connectivity index (χ0n) is 19.5. The van der Waals surface area contributed by atoms with Gasteiger partial charge in [-0.15, -0.1) is 0 Å². The average Bonchev–Trinajstić information content (AvgIpc) is 3.27. The van der Waals surface area contributed by atoms with Crippen molar-refractivity contribution in [1.29, 1.82) is 0 Å². The molecule has 0 bridgehead atoms. The molecule has 7 heteroatoms. The van der Waals surface area contributed by atoms with Gasteiger partial charge in [-0.3, -0.25) is 4.79 Å². The number of ether oxygens (including phenoxy) is 2. The summed E-state index contributed by atoms with van der Waals surface area (Å²) in [7, 11) is 1.62. The first-order chi connectivity index (χ1) is 16.1. The minimum atomic E-state index is -0.0242. The fraction of sp³-hybridized carbons (Fsp3) is 0.385. The van der Waals surface area contributed by atoms with Crippen LogP contribution in [0.25, 0.3) is 11.3 Å². The molecule has 174 valence electrons. The molecule has 0 N–H and O–H groups in total. The van der Waals surface area contributed by atoms with Crippen molar-refractivity contribution >= 4 is 11.8 Å². The average molecular weight is 450 g/mol. The molecule has 2 heterocycles. The zero-order chi connectivity index (χ0) is 23.2. The molecule has 0 unspecified atom stereocenters. The van der Waals surface area contributed by atoms with Crippen LogP contribution in [0.15, 0.2) is 53.1 Å². The highest BCUT2D eigenvalue weighted by Gasteiger charge is 2.27. The summed E-state index contributed by atoms with van der Waals surface area (Å²) in [6.45, 7) is 7.93. The predicted molar refractivity (Wildman–Crippen MR) is 128 cm³/mol. The maximum atomic E-state index is 13.5. The van der Waals surface area contributed by atoms with E-state index in [0.717, 1.165) is 53.5 Å². The van der Waals surface area contributed by atoms with E-state index < -0.39 is 0 Å². The summed E-state index contributed by atoms with van der Waals surface area (Å²) in [6, 6.07) is 15.4. The van der Waals surface area contributed by atoms with E-state index in [9.17, 15) is 4.79 Å². The van der Waals surface area contributed by atoms with Crippen LogP contribution < -0.4 is 9.64 Å². The monoisotopic (exact) mass is 449 g/mol. The minimum absolute atomic E-state index is 0.0242. The van der Waals surface area contributed by atoms with Gasteiger partial charge in [0.05, 0.1) is 32.4 Å². The number of carbonyl (C=O) groups is 1. The van der Waals surface area contributed by atoms with Crippen molar-refractivity contribution in [3.8, 4) is 17.0 Å². The molecule has 1 aromatic heterocycles. The van der Waals surface area contributed by atoms with Gasteiger partial charge in [-0.25, -0.2) is 0 Å². The van der Waals surface area contributed by atoms with E-state index in [2.05, 4.69) is 36.0 Å². The number of rotatable bonds is 8. The fourth-order valence-electron chi connectivity index (χ4n) is 4.11. The lowest BCUT2D eigenvalue weighted by Crippen LogP contribution is -2.37. The molecule has 1 aliphatic rings. The topological polar surface area (TPSA) is 68.0 Å². The van der Waals surface area contributed by atoms with Gasteiger partial charge in [0.25, 0.3) is 5.91 Å². The first kappa shape index (κ1) is 22.9. The quantitative estimate of drug-likeness (QED) is 0.503. The van der Waals surface area contributed by atoms with E-state index in [0.29, 0.717) is 31.9 Å². The van der Waals surface area contributed by atoms with Crippen LogP contribution in [-0.4, -0.2) is 55.9 Å². The van der Waals surface area contributed by atoms with Crippen LogP contribution in [0.2, 0.25) is 0 Å². The molecule has 4 rings (SSSR count). The summed E-state index contributed by atoms with van der Waals surface area (Å²) in [5.74, 6) is 1.42. The van der Waals surface area contributed by atoms with Gasteiger partial charge in [0.15, 0.2) is 0 Å². The molecule has 1 aliphatic heterocycles. The zero-order valence-corrected chi connectivity index (χ0v) is 19.5. The fourth-order valence-corrected chi connectivity index (χ4v) is 4.11. The Morgan fingerprint density at radius 2 is 1.91 bits per heavy atom. The van der Waals surface area contributed by atoms with Gasteiger partial charge in [-0.1, -0.05) is 35.8 Å². The maximum absolute atomic E-state index is 13.5. The molecule has 0 aliphatic carbocycles. The Labute approximate surface area is 194 Å². The molecule has 0 spiro atoms. The van der Waals surface area contributed by atoms with Crippen LogP contribution in [0.5, 0.6) is 5.75 Å². The van der Waals surface area contributed by atoms with Crippen LogP contribution in [-0.2, 0) is 11.3 Å². The minimum Gasteiger partial charge on any atom is -0.497 e. The summed E-state index contributed by atoms with van der Waals surface area (Å²) in [5, 5.41) is 4.46. The van der Waals surface area contributed by atoms with Crippen LogP contribution in [0, 0.1) is 6.92 Å². The second-order valence-corrected chi connectivity index (χ2v) is 8.24. The van der Waals surface area contributed by atoms with Gasteiger partial charge in [0.1, 0.15) is 11.4 Å². The number of methoxy groups -OCH3 is 1. The highest BCUT2D eigenvalue weighted by molar-refractivity contribution is 5.94. The van der Waals surface area contributed by atoms with E-state index in [1.54, 1.807) is 7.11 Å². The van der Waals surface area contributed by atoms with E-state index in [-0.39, 0.29) is 5.91 Å². The molecule has 1 amide bonds. The molecular formula is C26H31N3O4. The molecule has 1 saturated heterocycles. The number of hydrogen-bond acceptors (Lipinski definition) is 6. The Morgan fingerprint density at radius 1 is 1.15 bits per heavy atom. The lowest BCUT2D eigenvalue weighted by Gasteiger charge is -2.28. The van der Waals surface area contributed by atoms with E-state index in [4.69, 9.17) is 14.0 Å². The number of nitrogens with zero attached hydrogens (tertiary/aromatic N) is 3. The highest BCUT2D eigenvalue weighted by atomic mass is 16.5. The summed E-state index contributed by atoms with van der Waals surface area (Å²) in [5.41, 5.74) is 4.48. The molecule has 3 aromatic rings. The molecule has 0 radical (unpaired) electrons. The summed E-state index contributed by atoms with van der Waals surface area (Å²) in [4.78, 5) is 17.5. The smallest absolute Gasteiger partial charge is 0.254 e. The largest absolute Gasteiger partial charge is 0.497 e. The first-order valence-corrected chi connectivity index (χ1v) is 11.4. The highest BCUT2D eigenvalue weighted by Crippen LogP contribution is 2.33. The van der Waals surface area contributed by atoms with E-state index >= 15 is 0 Å². The Morgan fingerprint density at radius 3 is 2.58 bits per heavy atom. The molecule has 33 heavy (non-hydrogen) atoms. The maximum Gasteiger partial charge on any atom is 0.254 e. The number of aromatic nitrogens is 1. The SMILES string of the molecule is CCCN(Cc1c(-c2cccc(C)c2)noc1N1CCOCC1)C(=O)c1ccc(OC)cc1. The third-order valence-corrected chi connectivity index (χ3v) is 5.82. The molecular weight excluding hydrogens is 418 g/mol. The number of hydrogen-bond donors (Lipinski definition) is 0. The van der Waals surface area contributed by atoms with Gasteiger partial charge in [-0.2, -0.15) is 0 Å². The second kappa shape index (κ2) is 10.5. The Bertz CT molecular complexity index is 1070. The molecule has 2 aromatic carbocycles. The number of aryl methyl sites for hydroxylation is 1. The lowest BCUT2D eigenvalue weighted by molar-refractivity contribution is 0.0743. The third kappa shape index (κ3) is 5.20. The van der Waals surface area contributed by atoms with Gasteiger partial charge < -0.3 is 23.8 Å². The molecule has 1 fully saturated rings. The number of benzene rings is 2. The van der Waals surface area contributed by atoms with Crippen molar-refractivity contribution in [2.45, 2.75) is 26.8 Å². The molecule has 0 saturated carbocycles. The lowest BCUT2D eigenvalue weighted by atomic mass is 10.0. The molecule has 7 nitrogen and oxygen atoms in total. The van der Waals surface area contributed by atoms with Crippen molar-refractivity contribution in [3.05, 3.63) is 65.2 Å². The Kier molecular flexibility index (Phi) is 7.29. The summed E-state index contributed by atoms with van der Waals surface area (Å²) in [6.07, 6.45) is 0.847. The van der Waals surface area contributed by atoms with E-state index in [1.807, 2.05) is 41.3 Å². The number of carbonyl (C=O) groups excluding carboxylic acids is 1. The number of morpholine rings is 1. The number of amides is 1.